The summed E-state index contributed by atoms with van der Waals surface area (Å²) < 4.78 is 0. The fourth-order valence-electron chi connectivity index (χ4n) is 2.35. The van der Waals surface area contributed by atoms with Crippen LogP contribution in [-0.2, 0) is 17.1 Å². The van der Waals surface area contributed by atoms with Gasteiger partial charge < -0.3 is 30.1 Å². The summed E-state index contributed by atoms with van der Waals surface area (Å²) in [5, 5.41) is 14.0. The SMILES string of the molecule is CN1CCCN(C)CCN(C)CCCN(C)CC1.[Ca+2].[Fe+3].[O-][O-]. The maximum Gasteiger partial charge on any atom is 3.00 e. The molecular formula is C14H32CaFeN4O2+3. The molecule has 1 aliphatic heterocycles. The summed E-state index contributed by atoms with van der Waals surface area (Å²) in [5.74, 6) is 0. The van der Waals surface area contributed by atoms with Gasteiger partial charge in [0.15, 0.2) is 0 Å². The van der Waals surface area contributed by atoms with Crippen molar-refractivity contribution in [3.63, 3.8) is 0 Å². The molecule has 0 aromatic heterocycles. The minimum absolute atomic E-state index is 0. The van der Waals surface area contributed by atoms with Crippen LogP contribution < -0.4 is 10.5 Å². The fraction of sp³-hybridized carbons (Fsp3) is 1.00. The van der Waals surface area contributed by atoms with Crippen molar-refractivity contribution in [2.45, 2.75) is 12.8 Å². The van der Waals surface area contributed by atoms with Gasteiger partial charge in [-0.3, -0.25) is 0 Å². The summed E-state index contributed by atoms with van der Waals surface area (Å²) in [4.78, 5) is 9.84. The Morgan fingerprint density at radius 2 is 0.682 bits per heavy atom. The van der Waals surface area contributed by atoms with Crippen molar-refractivity contribution in [1.82, 2.24) is 19.6 Å². The largest absolute Gasteiger partial charge is 3.00 e. The maximum absolute atomic E-state index is 7.00. The van der Waals surface area contributed by atoms with Gasteiger partial charge in [0, 0.05) is 26.2 Å². The smallest absolute Gasteiger partial charge is 1.00 e. The molecule has 127 valence electrons. The second kappa shape index (κ2) is 18.9. The van der Waals surface area contributed by atoms with E-state index in [2.05, 4.69) is 47.8 Å². The molecule has 1 fully saturated rings. The molecule has 0 bridgehead atoms. The van der Waals surface area contributed by atoms with Crippen LogP contribution in [0.2, 0.25) is 0 Å². The molecular weight excluding hydrogens is 352 g/mol. The fourth-order valence-corrected chi connectivity index (χ4v) is 2.35. The number of hydrogen-bond donors (Lipinski definition) is 0. The van der Waals surface area contributed by atoms with Crippen molar-refractivity contribution in [3.8, 4) is 0 Å². The Morgan fingerprint density at radius 3 is 0.864 bits per heavy atom. The molecule has 1 aliphatic rings. The third kappa shape index (κ3) is 16.4. The predicted molar refractivity (Wildman–Crippen MR) is 85.0 cm³/mol. The molecule has 1 rings (SSSR count). The topological polar surface area (TPSA) is 59.1 Å². The monoisotopic (exact) mass is 384 g/mol. The van der Waals surface area contributed by atoms with E-state index >= 15 is 0 Å². The number of hydrogen-bond acceptors (Lipinski definition) is 6. The summed E-state index contributed by atoms with van der Waals surface area (Å²) >= 11 is 0. The van der Waals surface area contributed by atoms with Crippen molar-refractivity contribution in [1.29, 1.82) is 0 Å². The van der Waals surface area contributed by atoms with Gasteiger partial charge in [-0.05, 0) is 67.2 Å². The Hall–Kier alpha value is 1.54. The molecule has 1 heterocycles. The normalized spacial score (nSPS) is 21.5. The van der Waals surface area contributed by atoms with Gasteiger partial charge >= 0.3 is 54.8 Å². The van der Waals surface area contributed by atoms with Gasteiger partial charge in [-0.15, -0.1) is 0 Å². The number of likely N-dealkylation sites (N-methyl/N-ethyl adjacent to an activating group) is 4. The van der Waals surface area contributed by atoms with E-state index in [1.54, 1.807) is 0 Å². The van der Waals surface area contributed by atoms with Crippen molar-refractivity contribution < 1.29 is 27.6 Å². The third-order valence-electron chi connectivity index (χ3n) is 3.89. The average Bonchev–Trinajstić information content (AvgIpc) is 2.44. The van der Waals surface area contributed by atoms with Gasteiger partial charge in [0.25, 0.3) is 0 Å². The summed E-state index contributed by atoms with van der Waals surface area (Å²) in [5.41, 5.74) is 0. The van der Waals surface area contributed by atoms with Crippen molar-refractivity contribution in [2.24, 2.45) is 0 Å². The minimum Gasteiger partial charge on any atom is -1.00 e. The molecule has 0 aliphatic carbocycles. The van der Waals surface area contributed by atoms with Crippen LogP contribution in [0.1, 0.15) is 12.8 Å². The van der Waals surface area contributed by atoms with Gasteiger partial charge in [0.05, 0.1) is 0 Å². The molecule has 0 saturated carbocycles. The van der Waals surface area contributed by atoms with E-state index in [0.29, 0.717) is 0 Å². The Balaban J connectivity index is -0.000000864. The van der Waals surface area contributed by atoms with Crippen molar-refractivity contribution in [3.05, 3.63) is 0 Å². The summed E-state index contributed by atoms with van der Waals surface area (Å²) in [6, 6.07) is 0. The molecule has 22 heavy (non-hydrogen) atoms. The summed E-state index contributed by atoms with van der Waals surface area (Å²) in [7, 11) is 8.97. The summed E-state index contributed by atoms with van der Waals surface area (Å²) in [6.07, 6.45) is 2.56. The van der Waals surface area contributed by atoms with Crippen LogP contribution >= 0.6 is 0 Å². The Kier molecular flexibility index (Phi) is 24.3. The molecule has 0 atom stereocenters. The van der Waals surface area contributed by atoms with Crippen molar-refractivity contribution in [2.75, 3.05) is 80.5 Å². The first-order valence-corrected chi connectivity index (χ1v) is 7.49. The van der Waals surface area contributed by atoms with E-state index in [-0.39, 0.29) is 54.8 Å². The van der Waals surface area contributed by atoms with Gasteiger partial charge in [-0.1, -0.05) is 0 Å². The van der Waals surface area contributed by atoms with Crippen LogP contribution in [0.4, 0.5) is 0 Å². The van der Waals surface area contributed by atoms with E-state index in [0.717, 1.165) is 0 Å². The second-order valence-corrected chi connectivity index (χ2v) is 5.92. The van der Waals surface area contributed by atoms with E-state index < -0.39 is 0 Å². The molecule has 8 heteroatoms. The van der Waals surface area contributed by atoms with Crippen LogP contribution in [0.25, 0.3) is 0 Å². The Morgan fingerprint density at radius 1 is 0.500 bits per heavy atom. The Labute approximate surface area is 177 Å². The van der Waals surface area contributed by atoms with Crippen LogP contribution in [0.3, 0.4) is 0 Å². The zero-order chi connectivity index (χ0) is 15.4. The third-order valence-corrected chi connectivity index (χ3v) is 3.89. The van der Waals surface area contributed by atoms with Crippen LogP contribution in [0, 0.1) is 0 Å². The quantitative estimate of drug-likeness (QED) is 0.267. The molecule has 0 N–H and O–H groups in total. The maximum atomic E-state index is 7.00. The van der Waals surface area contributed by atoms with Crippen LogP contribution in [0.15, 0.2) is 0 Å². The van der Waals surface area contributed by atoms with E-state index in [1.807, 2.05) is 0 Å². The van der Waals surface area contributed by atoms with Gasteiger partial charge in [-0.2, -0.15) is 0 Å². The summed E-state index contributed by atoms with van der Waals surface area (Å²) in [6.45, 7) is 9.63. The standard InChI is InChI=1S/C14H32N4.Ca.Fe.O2/c1-15-7-5-8-17(3)13-14-18(4)10-6-9-16(2)12-11-15;;;1-2/h5-14H2,1-4H3;;;/q;+2;+3;-2. The van der Waals surface area contributed by atoms with Gasteiger partial charge in [0.2, 0.25) is 0 Å². The first-order chi connectivity index (χ1) is 9.58. The first-order valence-electron chi connectivity index (χ1n) is 7.49. The molecule has 1 radical (unpaired) electrons. The molecule has 0 spiro atoms. The number of rotatable bonds is 0. The predicted octanol–water partition coefficient (Wildman–Crippen LogP) is -2.25. The molecule has 0 aromatic carbocycles. The van der Waals surface area contributed by atoms with E-state index in [9.17, 15) is 0 Å². The van der Waals surface area contributed by atoms with E-state index in [1.165, 1.54) is 65.2 Å². The zero-order valence-electron chi connectivity index (χ0n) is 14.7. The molecule has 0 unspecified atom stereocenters. The minimum atomic E-state index is 0. The Bertz CT molecular complexity index is 189. The molecule has 0 aromatic rings. The molecule has 1 saturated heterocycles. The van der Waals surface area contributed by atoms with Crippen molar-refractivity contribution >= 4 is 37.7 Å². The molecule has 6 nitrogen and oxygen atoms in total. The van der Waals surface area contributed by atoms with Crippen LogP contribution in [-0.4, -0.2) is 138 Å². The second-order valence-electron chi connectivity index (χ2n) is 5.92. The molecule has 0 amide bonds. The first kappa shape index (κ1) is 28.3. The van der Waals surface area contributed by atoms with Gasteiger partial charge in [0.1, 0.15) is 0 Å². The van der Waals surface area contributed by atoms with E-state index in [4.69, 9.17) is 10.5 Å². The van der Waals surface area contributed by atoms with Gasteiger partial charge in [-0.25, -0.2) is 0 Å². The average molecular weight is 384 g/mol. The number of nitrogens with zero attached hydrogens (tertiary/aromatic N) is 4. The van der Waals surface area contributed by atoms with Crippen LogP contribution in [0.5, 0.6) is 0 Å². The zero-order valence-corrected chi connectivity index (χ0v) is 18.0.